The van der Waals surface area contributed by atoms with Crippen LogP contribution >= 0.6 is 0 Å². The predicted octanol–water partition coefficient (Wildman–Crippen LogP) is 3.23. The monoisotopic (exact) mass is 331 g/mol. The fraction of sp³-hybridized carbons (Fsp3) is 0.278. The van der Waals surface area contributed by atoms with E-state index in [0.29, 0.717) is 30.3 Å². The summed E-state index contributed by atoms with van der Waals surface area (Å²) in [6.07, 6.45) is 0. The summed E-state index contributed by atoms with van der Waals surface area (Å²) < 4.78 is 29.7. The number of ether oxygens (including phenoxy) is 3. The first-order chi connectivity index (χ1) is 11.6. The molecule has 0 atom stereocenters. The van der Waals surface area contributed by atoms with Gasteiger partial charge in [-0.15, -0.1) is 0 Å². The standard InChI is InChI=1S/C18H18FNO4/c1-3-20(10-12-4-7-16-17(8-12)24-11-23-16)18(21)14-6-5-13(22-2)9-15(14)19/h4-9H,3,10-11H2,1-2H3. The van der Waals surface area contributed by atoms with E-state index in [4.69, 9.17) is 14.2 Å². The van der Waals surface area contributed by atoms with Gasteiger partial charge in [-0.05, 0) is 36.8 Å². The summed E-state index contributed by atoms with van der Waals surface area (Å²) in [5.74, 6) is 0.766. The maximum Gasteiger partial charge on any atom is 0.257 e. The van der Waals surface area contributed by atoms with Crippen molar-refractivity contribution in [2.75, 3.05) is 20.4 Å². The molecule has 0 saturated heterocycles. The third-order valence-electron chi connectivity index (χ3n) is 3.89. The van der Waals surface area contributed by atoms with Gasteiger partial charge in [0, 0.05) is 19.2 Å². The Morgan fingerprint density at radius 3 is 2.71 bits per heavy atom. The first kappa shape index (κ1) is 16.1. The Kier molecular flexibility index (Phi) is 4.55. The zero-order valence-corrected chi connectivity index (χ0v) is 13.5. The molecule has 1 amide bonds. The van der Waals surface area contributed by atoms with Crippen molar-refractivity contribution in [3.8, 4) is 17.2 Å². The molecule has 0 radical (unpaired) electrons. The number of nitrogens with zero attached hydrogens (tertiary/aromatic N) is 1. The number of methoxy groups -OCH3 is 1. The van der Waals surface area contributed by atoms with Gasteiger partial charge >= 0.3 is 0 Å². The molecule has 1 aliphatic rings. The van der Waals surface area contributed by atoms with Crippen LogP contribution in [0.5, 0.6) is 17.2 Å². The molecular weight excluding hydrogens is 313 g/mol. The van der Waals surface area contributed by atoms with Gasteiger partial charge in [-0.25, -0.2) is 4.39 Å². The van der Waals surface area contributed by atoms with E-state index in [-0.39, 0.29) is 18.3 Å². The maximum absolute atomic E-state index is 14.1. The molecule has 24 heavy (non-hydrogen) atoms. The van der Waals surface area contributed by atoms with Crippen LogP contribution in [0.4, 0.5) is 4.39 Å². The van der Waals surface area contributed by atoms with E-state index in [1.807, 2.05) is 25.1 Å². The SMILES string of the molecule is CCN(Cc1ccc2c(c1)OCO2)C(=O)c1ccc(OC)cc1F. The first-order valence-corrected chi connectivity index (χ1v) is 7.63. The summed E-state index contributed by atoms with van der Waals surface area (Å²) in [5, 5.41) is 0. The number of amides is 1. The van der Waals surface area contributed by atoms with Crippen LogP contribution < -0.4 is 14.2 Å². The van der Waals surface area contributed by atoms with Crippen molar-refractivity contribution in [1.29, 1.82) is 0 Å². The third-order valence-corrected chi connectivity index (χ3v) is 3.89. The summed E-state index contributed by atoms with van der Waals surface area (Å²) in [5.41, 5.74) is 0.918. The van der Waals surface area contributed by atoms with E-state index < -0.39 is 5.82 Å². The van der Waals surface area contributed by atoms with Gasteiger partial charge in [0.25, 0.3) is 5.91 Å². The third kappa shape index (κ3) is 3.13. The van der Waals surface area contributed by atoms with Gasteiger partial charge in [0.05, 0.1) is 12.7 Å². The summed E-state index contributed by atoms with van der Waals surface area (Å²) in [7, 11) is 1.45. The van der Waals surface area contributed by atoms with Crippen LogP contribution in [0.2, 0.25) is 0 Å². The second-order valence-electron chi connectivity index (χ2n) is 5.35. The smallest absolute Gasteiger partial charge is 0.257 e. The van der Waals surface area contributed by atoms with E-state index in [1.54, 1.807) is 11.0 Å². The number of benzene rings is 2. The molecule has 0 bridgehead atoms. The zero-order chi connectivity index (χ0) is 17.1. The van der Waals surface area contributed by atoms with Crippen molar-refractivity contribution in [3.05, 3.63) is 53.3 Å². The minimum atomic E-state index is -0.594. The van der Waals surface area contributed by atoms with Crippen LogP contribution in [0.1, 0.15) is 22.8 Å². The van der Waals surface area contributed by atoms with Gasteiger partial charge < -0.3 is 19.1 Å². The number of fused-ring (bicyclic) bond motifs is 1. The Morgan fingerprint density at radius 1 is 1.21 bits per heavy atom. The Hall–Kier alpha value is -2.76. The van der Waals surface area contributed by atoms with Crippen LogP contribution in [0.15, 0.2) is 36.4 Å². The van der Waals surface area contributed by atoms with Crippen molar-refractivity contribution in [3.63, 3.8) is 0 Å². The van der Waals surface area contributed by atoms with E-state index in [2.05, 4.69) is 0 Å². The molecule has 0 unspecified atom stereocenters. The Morgan fingerprint density at radius 2 is 2.00 bits per heavy atom. The first-order valence-electron chi connectivity index (χ1n) is 7.63. The van der Waals surface area contributed by atoms with Gasteiger partial charge in [0.1, 0.15) is 11.6 Å². The van der Waals surface area contributed by atoms with Crippen molar-refractivity contribution >= 4 is 5.91 Å². The molecule has 0 spiro atoms. The summed E-state index contributed by atoms with van der Waals surface area (Å²) >= 11 is 0. The second-order valence-corrected chi connectivity index (χ2v) is 5.35. The highest BCUT2D eigenvalue weighted by Gasteiger charge is 2.20. The Balaban J connectivity index is 1.79. The van der Waals surface area contributed by atoms with Gasteiger partial charge in [0.2, 0.25) is 6.79 Å². The molecule has 0 fully saturated rings. The number of rotatable bonds is 5. The molecule has 1 aliphatic heterocycles. The quantitative estimate of drug-likeness (QED) is 0.844. The fourth-order valence-electron chi connectivity index (χ4n) is 2.55. The van der Waals surface area contributed by atoms with E-state index in [0.717, 1.165) is 5.56 Å². The molecule has 126 valence electrons. The minimum Gasteiger partial charge on any atom is -0.497 e. The highest BCUT2D eigenvalue weighted by Crippen LogP contribution is 2.33. The molecule has 0 N–H and O–H groups in total. The molecule has 2 aromatic rings. The van der Waals surface area contributed by atoms with Gasteiger partial charge in [-0.3, -0.25) is 4.79 Å². The number of hydrogen-bond donors (Lipinski definition) is 0. The average Bonchev–Trinajstić information content (AvgIpc) is 3.06. The van der Waals surface area contributed by atoms with Crippen LogP contribution in [-0.2, 0) is 6.54 Å². The topological polar surface area (TPSA) is 48.0 Å². The number of halogens is 1. The fourth-order valence-corrected chi connectivity index (χ4v) is 2.55. The highest BCUT2D eigenvalue weighted by atomic mass is 19.1. The number of carbonyl (C=O) groups excluding carboxylic acids is 1. The van der Waals surface area contributed by atoms with E-state index in [9.17, 15) is 9.18 Å². The lowest BCUT2D eigenvalue weighted by Gasteiger charge is -2.21. The Bertz CT molecular complexity index is 763. The molecule has 5 nitrogen and oxygen atoms in total. The number of hydrogen-bond acceptors (Lipinski definition) is 4. The summed E-state index contributed by atoms with van der Waals surface area (Å²) in [4.78, 5) is 14.2. The largest absolute Gasteiger partial charge is 0.497 e. The minimum absolute atomic E-state index is 0.0263. The lowest BCUT2D eigenvalue weighted by atomic mass is 10.1. The van der Waals surface area contributed by atoms with Gasteiger partial charge in [-0.1, -0.05) is 6.07 Å². The van der Waals surface area contributed by atoms with Crippen molar-refractivity contribution < 1.29 is 23.4 Å². The van der Waals surface area contributed by atoms with E-state index >= 15 is 0 Å². The highest BCUT2D eigenvalue weighted by molar-refractivity contribution is 5.94. The molecular formula is C18H18FNO4. The van der Waals surface area contributed by atoms with Crippen molar-refractivity contribution in [2.45, 2.75) is 13.5 Å². The second kappa shape index (κ2) is 6.78. The molecule has 3 rings (SSSR count). The Labute approximate surface area is 139 Å². The molecule has 0 aliphatic carbocycles. The van der Waals surface area contributed by atoms with Crippen LogP contribution in [0.25, 0.3) is 0 Å². The van der Waals surface area contributed by atoms with Crippen LogP contribution in [0, 0.1) is 5.82 Å². The zero-order valence-electron chi connectivity index (χ0n) is 13.5. The van der Waals surface area contributed by atoms with Gasteiger partial charge in [-0.2, -0.15) is 0 Å². The van der Waals surface area contributed by atoms with Crippen molar-refractivity contribution in [1.82, 2.24) is 4.90 Å². The van der Waals surface area contributed by atoms with Crippen LogP contribution in [-0.4, -0.2) is 31.3 Å². The number of carbonyl (C=O) groups is 1. The predicted molar refractivity (Wildman–Crippen MR) is 85.9 cm³/mol. The van der Waals surface area contributed by atoms with Gasteiger partial charge in [0.15, 0.2) is 11.5 Å². The molecule has 2 aromatic carbocycles. The molecule has 0 saturated carbocycles. The van der Waals surface area contributed by atoms with Crippen LogP contribution in [0.3, 0.4) is 0 Å². The lowest BCUT2D eigenvalue weighted by molar-refractivity contribution is 0.0747. The van der Waals surface area contributed by atoms with Crippen molar-refractivity contribution in [2.24, 2.45) is 0 Å². The lowest BCUT2D eigenvalue weighted by Crippen LogP contribution is -2.31. The van der Waals surface area contributed by atoms with E-state index in [1.165, 1.54) is 19.2 Å². The average molecular weight is 331 g/mol. The maximum atomic E-state index is 14.1. The molecule has 1 heterocycles. The summed E-state index contributed by atoms with van der Waals surface area (Å²) in [6.45, 7) is 2.87. The molecule has 0 aromatic heterocycles. The normalized spacial score (nSPS) is 12.1. The summed E-state index contributed by atoms with van der Waals surface area (Å²) in [6, 6.07) is 9.74. The molecule has 6 heteroatoms.